The van der Waals surface area contributed by atoms with Crippen LogP contribution in [0.2, 0.25) is 0 Å². The van der Waals surface area contributed by atoms with Gasteiger partial charge in [0.25, 0.3) is 5.91 Å². The molecule has 11 heteroatoms. The normalized spacial score (nSPS) is 18.7. The molecule has 31 heavy (non-hydrogen) atoms. The van der Waals surface area contributed by atoms with Gasteiger partial charge in [-0.1, -0.05) is 0 Å². The van der Waals surface area contributed by atoms with Crippen molar-refractivity contribution in [2.75, 3.05) is 5.32 Å². The lowest BCUT2D eigenvalue weighted by molar-refractivity contribution is -0.137. The second kappa shape index (κ2) is 8.32. The number of benzene rings is 1. The van der Waals surface area contributed by atoms with Crippen LogP contribution in [0.1, 0.15) is 35.2 Å². The van der Waals surface area contributed by atoms with Crippen molar-refractivity contribution >= 4 is 11.7 Å². The largest absolute Gasteiger partial charge is 0.417 e. The number of halogens is 4. The van der Waals surface area contributed by atoms with Crippen molar-refractivity contribution in [1.29, 1.82) is 0 Å². The average molecular weight is 434 g/mol. The van der Waals surface area contributed by atoms with Gasteiger partial charge in [-0.3, -0.25) is 4.79 Å². The summed E-state index contributed by atoms with van der Waals surface area (Å²) in [6.07, 6.45) is 1.36. The number of amides is 1. The Morgan fingerprint density at radius 2 is 1.81 bits per heavy atom. The summed E-state index contributed by atoms with van der Waals surface area (Å²) >= 11 is 0. The third kappa shape index (κ3) is 4.65. The first-order valence-electron chi connectivity index (χ1n) is 9.58. The highest BCUT2D eigenvalue weighted by molar-refractivity contribution is 5.98. The van der Waals surface area contributed by atoms with Crippen LogP contribution in [0.5, 0.6) is 0 Å². The molecular formula is C20H18F4N6O. The number of carbonyl (C=O) groups is 1. The van der Waals surface area contributed by atoms with Gasteiger partial charge in [-0.15, -0.1) is 0 Å². The van der Waals surface area contributed by atoms with Gasteiger partial charge in [0, 0.05) is 18.3 Å². The summed E-state index contributed by atoms with van der Waals surface area (Å²) in [7, 11) is 0. The molecule has 7 nitrogen and oxygen atoms in total. The molecule has 0 spiro atoms. The van der Waals surface area contributed by atoms with E-state index in [9.17, 15) is 22.4 Å². The lowest BCUT2D eigenvalue weighted by Gasteiger charge is -2.23. The highest BCUT2D eigenvalue weighted by atomic mass is 19.4. The Hall–Kier alpha value is -3.50. The van der Waals surface area contributed by atoms with Crippen molar-refractivity contribution in [3.8, 4) is 5.69 Å². The van der Waals surface area contributed by atoms with Gasteiger partial charge in [-0.05, 0) is 49.6 Å². The molecule has 2 aromatic heterocycles. The Bertz CT molecular complexity index is 1050. The van der Waals surface area contributed by atoms with Crippen LogP contribution < -0.4 is 10.6 Å². The number of aromatic nitrogens is 4. The number of hydrogen-bond donors (Lipinski definition) is 2. The minimum atomic E-state index is -4.46. The number of anilines is 1. The molecule has 0 radical (unpaired) electrons. The van der Waals surface area contributed by atoms with Crippen LogP contribution in [-0.4, -0.2) is 38.0 Å². The first kappa shape index (κ1) is 20.8. The van der Waals surface area contributed by atoms with Gasteiger partial charge in [-0.2, -0.15) is 28.2 Å². The van der Waals surface area contributed by atoms with Gasteiger partial charge in [-0.25, -0.2) is 9.37 Å². The van der Waals surface area contributed by atoms with Crippen molar-refractivity contribution in [2.24, 2.45) is 0 Å². The highest BCUT2D eigenvalue weighted by Gasteiger charge is 2.32. The molecule has 0 bridgehead atoms. The summed E-state index contributed by atoms with van der Waals surface area (Å²) in [4.78, 5) is 18.0. The van der Waals surface area contributed by atoms with Gasteiger partial charge in [0.15, 0.2) is 0 Å². The van der Waals surface area contributed by atoms with E-state index in [4.69, 9.17) is 0 Å². The van der Waals surface area contributed by atoms with E-state index in [-0.39, 0.29) is 23.5 Å². The standard InChI is InChI=1S/C20H18F4N6O/c21-13-5-6-17(30-26-8-9-27-30)14(10-13)19(31)29-16-3-1-2-15(16)28-18-7-4-12(11-25-18)20(22,23)24/h4-11,15-16H,1-3H2,(H,25,28)(H,29,31)/t15-,16+/m0/s1. The van der Waals surface area contributed by atoms with Crippen molar-refractivity contribution in [3.05, 3.63) is 65.9 Å². The molecule has 1 fully saturated rings. The van der Waals surface area contributed by atoms with E-state index in [1.807, 2.05) is 0 Å². The Balaban J connectivity index is 1.48. The molecule has 162 valence electrons. The number of rotatable bonds is 5. The molecule has 2 heterocycles. The van der Waals surface area contributed by atoms with E-state index in [1.165, 1.54) is 35.4 Å². The van der Waals surface area contributed by atoms with Gasteiger partial charge < -0.3 is 10.6 Å². The minimum absolute atomic E-state index is 0.0782. The van der Waals surface area contributed by atoms with Crippen LogP contribution >= 0.6 is 0 Å². The van der Waals surface area contributed by atoms with E-state index < -0.39 is 23.5 Å². The van der Waals surface area contributed by atoms with Gasteiger partial charge in [0.1, 0.15) is 11.6 Å². The predicted molar refractivity (Wildman–Crippen MR) is 103 cm³/mol. The predicted octanol–water partition coefficient (Wildman–Crippen LogP) is 3.58. The van der Waals surface area contributed by atoms with Crippen molar-refractivity contribution in [2.45, 2.75) is 37.5 Å². The molecule has 1 saturated carbocycles. The summed E-state index contributed by atoms with van der Waals surface area (Å²) in [5.41, 5.74) is -0.425. The molecule has 2 N–H and O–H groups in total. The van der Waals surface area contributed by atoms with Gasteiger partial charge in [0.05, 0.1) is 29.2 Å². The summed E-state index contributed by atoms with van der Waals surface area (Å²) < 4.78 is 51.9. The molecule has 1 amide bonds. The second-order valence-electron chi connectivity index (χ2n) is 7.17. The van der Waals surface area contributed by atoms with E-state index in [2.05, 4.69) is 25.8 Å². The molecule has 2 atom stereocenters. The molecule has 4 rings (SSSR count). The third-order valence-electron chi connectivity index (χ3n) is 5.09. The second-order valence-corrected chi connectivity index (χ2v) is 7.17. The van der Waals surface area contributed by atoms with E-state index in [0.717, 1.165) is 24.8 Å². The summed E-state index contributed by atoms with van der Waals surface area (Å²) in [5, 5.41) is 13.9. The number of nitrogens with zero attached hydrogens (tertiary/aromatic N) is 4. The molecule has 1 aliphatic rings. The summed E-state index contributed by atoms with van der Waals surface area (Å²) in [6, 6.07) is 5.42. The van der Waals surface area contributed by atoms with Crippen LogP contribution in [-0.2, 0) is 6.18 Å². The number of pyridine rings is 1. The molecule has 1 aliphatic carbocycles. The number of alkyl halides is 3. The Morgan fingerprint density at radius 3 is 2.48 bits per heavy atom. The Kier molecular flexibility index (Phi) is 5.57. The van der Waals surface area contributed by atoms with E-state index in [0.29, 0.717) is 18.5 Å². The van der Waals surface area contributed by atoms with Crippen molar-refractivity contribution in [3.63, 3.8) is 0 Å². The lowest BCUT2D eigenvalue weighted by atomic mass is 10.1. The number of hydrogen-bond acceptors (Lipinski definition) is 5. The first-order chi connectivity index (χ1) is 14.8. The Morgan fingerprint density at radius 1 is 1.06 bits per heavy atom. The molecule has 0 unspecified atom stereocenters. The monoisotopic (exact) mass is 434 g/mol. The summed E-state index contributed by atoms with van der Waals surface area (Å²) in [5.74, 6) is -0.784. The summed E-state index contributed by atoms with van der Waals surface area (Å²) in [6.45, 7) is 0. The van der Waals surface area contributed by atoms with E-state index in [1.54, 1.807) is 0 Å². The molecule has 0 saturated heterocycles. The first-order valence-corrected chi connectivity index (χ1v) is 9.58. The molecule has 0 aliphatic heterocycles. The highest BCUT2D eigenvalue weighted by Crippen LogP contribution is 2.29. The van der Waals surface area contributed by atoms with Crippen LogP contribution in [0.4, 0.5) is 23.4 Å². The van der Waals surface area contributed by atoms with Crippen LogP contribution in [0.15, 0.2) is 48.9 Å². The SMILES string of the molecule is O=C(N[C@@H]1CCC[C@@H]1Nc1ccc(C(F)(F)F)cn1)c1cc(F)ccc1-n1nccn1. The number of carbonyl (C=O) groups excluding carboxylic acids is 1. The Labute approximate surface area is 174 Å². The molecular weight excluding hydrogens is 416 g/mol. The quantitative estimate of drug-likeness (QED) is 0.600. The van der Waals surface area contributed by atoms with Crippen molar-refractivity contribution in [1.82, 2.24) is 25.3 Å². The topological polar surface area (TPSA) is 84.7 Å². The zero-order chi connectivity index (χ0) is 22.0. The zero-order valence-corrected chi connectivity index (χ0v) is 16.1. The van der Waals surface area contributed by atoms with Crippen molar-refractivity contribution < 1.29 is 22.4 Å². The third-order valence-corrected chi connectivity index (χ3v) is 5.09. The maximum atomic E-state index is 13.8. The fourth-order valence-electron chi connectivity index (χ4n) is 3.59. The van der Waals surface area contributed by atoms with Crippen LogP contribution in [0.25, 0.3) is 5.69 Å². The van der Waals surface area contributed by atoms with Gasteiger partial charge in [0.2, 0.25) is 0 Å². The number of nitrogens with one attached hydrogen (secondary N) is 2. The van der Waals surface area contributed by atoms with Gasteiger partial charge >= 0.3 is 6.18 Å². The fraction of sp³-hybridized carbons (Fsp3) is 0.300. The molecule has 3 aromatic rings. The lowest BCUT2D eigenvalue weighted by Crippen LogP contribution is -2.43. The van der Waals surface area contributed by atoms with Crippen LogP contribution in [0.3, 0.4) is 0 Å². The smallest absolute Gasteiger partial charge is 0.365 e. The zero-order valence-electron chi connectivity index (χ0n) is 16.1. The maximum Gasteiger partial charge on any atom is 0.417 e. The van der Waals surface area contributed by atoms with Crippen LogP contribution in [0, 0.1) is 5.82 Å². The fourth-order valence-corrected chi connectivity index (χ4v) is 3.59. The maximum absolute atomic E-state index is 13.8. The van der Waals surface area contributed by atoms with E-state index >= 15 is 0 Å². The average Bonchev–Trinajstić information content (AvgIpc) is 3.40. The molecule has 1 aromatic carbocycles. The minimum Gasteiger partial charge on any atom is -0.365 e.